The largest absolute Gasteiger partial charge is 0.382 e. The number of amidine groups is 1. The third-order valence-corrected chi connectivity index (χ3v) is 2.21. The predicted octanol–water partition coefficient (Wildman–Crippen LogP) is 2.04. The van der Waals surface area contributed by atoms with Crippen LogP contribution in [0.15, 0.2) is 29.4 Å². The standard InChI is InChI=1S/C12H15N5/c1-8(2)9-4-3-5-10(6-9)16-17-11(7-13)12(14)15/h3-6,8,16H,1-2H3,(H3,14,15)/b17-11+. The molecule has 0 atom stereocenters. The number of anilines is 1. The van der Waals surface area contributed by atoms with Crippen LogP contribution in [0, 0.1) is 16.7 Å². The lowest BCUT2D eigenvalue weighted by Crippen LogP contribution is -2.21. The van der Waals surface area contributed by atoms with E-state index in [-0.39, 0.29) is 11.5 Å². The molecule has 1 rings (SSSR count). The first-order valence-corrected chi connectivity index (χ1v) is 5.22. The molecule has 0 saturated heterocycles. The topological polar surface area (TPSA) is 98.0 Å². The van der Waals surface area contributed by atoms with Gasteiger partial charge < -0.3 is 5.73 Å². The molecule has 0 amide bonds. The van der Waals surface area contributed by atoms with Gasteiger partial charge in [0.25, 0.3) is 0 Å². The fourth-order valence-electron chi connectivity index (χ4n) is 1.23. The Hall–Kier alpha value is -2.35. The highest BCUT2D eigenvalue weighted by atomic mass is 15.3. The fraction of sp³-hybridized carbons (Fsp3) is 0.250. The Morgan fingerprint density at radius 2 is 2.24 bits per heavy atom. The highest BCUT2D eigenvalue weighted by Gasteiger charge is 2.02. The normalized spacial score (nSPS) is 11.1. The summed E-state index contributed by atoms with van der Waals surface area (Å²) < 4.78 is 0. The molecule has 1 aromatic carbocycles. The zero-order valence-corrected chi connectivity index (χ0v) is 9.86. The second kappa shape index (κ2) is 5.66. The van der Waals surface area contributed by atoms with Crippen molar-refractivity contribution in [2.75, 3.05) is 5.43 Å². The summed E-state index contributed by atoms with van der Waals surface area (Å²) in [6, 6.07) is 9.47. The first kappa shape index (κ1) is 12.7. The number of benzene rings is 1. The van der Waals surface area contributed by atoms with Crippen molar-refractivity contribution in [2.45, 2.75) is 19.8 Å². The maximum Gasteiger partial charge on any atom is 0.201 e. The molecule has 0 unspecified atom stereocenters. The lowest BCUT2D eigenvalue weighted by molar-refractivity contribution is 0.867. The second-order valence-electron chi connectivity index (χ2n) is 3.88. The molecule has 5 heteroatoms. The summed E-state index contributed by atoms with van der Waals surface area (Å²) in [6.45, 7) is 4.19. The van der Waals surface area contributed by atoms with Crippen LogP contribution in [0.4, 0.5) is 5.69 Å². The van der Waals surface area contributed by atoms with Gasteiger partial charge in [-0.15, -0.1) is 0 Å². The van der Waals surface area contributed by atoms with Gasteiger partial charge in [-0.25, -0.2) is 0 Å². The highest BCUT2D eigenvalue weighted by Crippen LogP contribution is 2.18. The van der Waals surface area contributed by atoms with E-state index in [1.165, 1.54) is 5.56 Å². The molecule has 0 spiro atoms. The van der Waals surface area contributed by atoms with Crippen molar-refractivity contribution in [3.05, 3.63) is 29.8 Å². The van der Waals surface area contributed by atoms with E-state index in [1.807, 2.05) is 24.3 Å². The molecule has 1 aromatic rings. The van der Waals surface area contributed by atoms with Gasteiger partial charge in [0.1, 0.15) is 6.07 Å². The van der Waals surface area contributed by atoms with Crippen molar-refractivity contribution < 1.29 is 0 Å². The van der Waals surface area contributed by atoms with Gasteiger partial charge in [-0.1, -0.05) is 26.0 Å². The van der Waals surface area contributed by atoms with Gasteiger partial charge in [0.2, 0.25) is 5.71 Å². The molecular formula is C12H15N5. The van der Waals surface area contributed by atoms with E-state index in [2.05, 4.69) is 24.4 Å². The minimum atomic E-state index is -0.347. The Labute approximate surface area is 100 Å². The first-order chi connectivity index (χ1) is 8.04. The van der Waals surface area contributed by atoms with E-state index in [1.54, 1.807) is 6.07 Å². The molecule has 17 heavy (non-hydrogen) atoms. The molecule has 0 bridgehead atoms. The van der Waals surface area contributed by atoms with Crippen LogP contribution in [0.2, 0.25) is 0 Å². The zero-order chi connectivity index (χ0) is 12.8. The maximum atomic E-state index is 8.68. The van der Waals surface area contributed by atoms with Gasteiger partial charge in [-0.2, -0.15) is 10.4 Å². The summed E-state index contributed by atoms with van der Waals surface area (Å²) in [5.41, 5.74) is 9.71. The van der Waals surface area contributed by atoms with Crippen LogP contribution >= 0.6 is 0 Å². The number of nitriles is 1. The lowest BCUT2D eigenvalue weighted by Gasteiger charge is -2.07. The molecule has 0 aromatic heterocycles. The Kier molecular flexibility index (Phi) is 4.23. The lowest BCUT2D eigenvalue weighted by atomic mass is 10.0. The third-order valence-electron chi connectivity index (χ3n) is 2.21. The Morgan fingerprint density at radius 3 is 2.76 bits per heavy atom. The Balaban J connectivity index is 2.86. The number of hydrogen-bond donors (Lipinski definition) is 3. The van der Waals surface area contributed by atoms with Gasteiger partial charge in [0, 0.05) is 0 Å². The quantitative estimate of drug-likeness (QED) is 0.418. The average molecular weight is 229 g/mol. The molecule has 4 N–H and O–H groups in total. The van der Waals surface area contributed by atoms with E-state index in [4.69, 9.17) is 16.4 Å². The van der Waals surface area contributed by atoms with E-state index in [0.717, 1.165) is 5.69 Å². The summed E-state index contributed by atoms with van der Waals surface area (Å²) in [5.74, 6) is 0.0731. The Morgan fingerprint density at radius 1 is 1.53 bits per heavy atom. The van der Waals surface area contributed by atoms with Crippen molar-refractivity contribution in [3.63, 3.8) is 0 Å². The molecular weight excluding hydrogens is 214 g/mol. The van der Waals surface area contributed by atoms with Gasteiger partial charge in [0.05, 0.1) is 5.69 Å². The summed E-state index contributed by atoms with van der Waals surface area (Å²) in [5, 5.41) is 19.6. The van der Waals surface area contributed by atoms with Crippen LogP contribution < -0.4 is 11.2 Å². The average Bonchev–Trinajstić information content (AvgIpc) is 2.29. The summed E-state index contributed by atoms with van der Waals surface area (Å²) >= 11 is 0. The van der Waals surface area contributed by atoms with Crippen molar-refractivity contribution in [1.82, 2.24) is 0 Å². The minimum absolute atomic E-state index is 0.125. The summed E-state index contributed by atoms with van der Waals surface area (Å²) in [4.78, 5) is 0. The SMILES string of the molecule is CC(C)c1cccc(N/N=C(\C#N)C(=N)N)c1. The molecule has 0 aliphatic rings. The van der Waals surface area contributed by atoms with Crippen molar-refractivity contribution >= 4 is 17.2 Å². The molecule has 0 fully saturated rings. The summed E-state index contributed by atoms with van der Waals surface area (Å²) in [6.07, 6.45) is 0. The van der Waals surface area contributed by atoms with Gasteiger partial charge in [-0.3, -0.25) is 10.8 Å². The van der Waals surface area contributed by atoms with Gasteiger partial charge in [0.15, 0.2) is 5.84 Å². The highest BCUT2D eigenvalue weighted by molar-refractivity contribution is 6.45. The number of nitrogens with two attached hydrogens (primary N) is 1. The second-order valence-corrected chi connectivity index (χ2v) is 3.88. The molecule has 5 nitrogen and oxygen atoms in total. The van der Waals surface area contributed by atoms with E-state index >= 15 is 0 Å². The predicted molar refractivity (Wildman–Crippen MR) is 69.1 cm³/mol. The molecule has 88 valence electrons. The number of nitrogens with zero attached hydrogens (tertiary/aromatic N) is 2. The van der Waals surface area contributed by atoms with Crippen LogP contribution in [0.3, 0.4) is 0 Å². The van der Waals surface area contributed by atoms with Gasteiger partial charge >= 0.3 is 0 Å². The molecule has 0 radical (unpaired) electrons. The van der Waals surface area contributed by atoms with Crippen molar-refractivity contribution in [1.29, 1.82) is 10.7 Å². The van der Waals surface area contributed by atoms with E-state index in [0.29, 0.717) is 5.92 Å². The van der Waals surface area contributed by atoms with Crippen LogP contribution in [0.1, 0.15) is 25.3 Å². The number of rotatable bonds is 4. The zero-order valence-electron chi connectivity index (χ0n) is 9.86. The number of nitrogens with one attached hydrogen (secondary N) is 2. The smallest absolute Gasteiger partial charge is 0.201 e. The monoisotopic (exact) mass is 229 g/mol. The third kappa shape index (κ3) is 3.61. The summed E-state index contributed by atoms with van der Waals surface area (Å²) in [7, 11) is 0. The van der Waals surface area contributed by atoms with Crippen LogP contribution in [-0.4, -0.2) is 11.5 Å². The van der Waals surface area contributed by atoms with Crippen molar-refractivity contribution in [2.24, 2.45) is 10.8 Å². The number of hydrogen-bond acceptors (Lipinski definition) is 4. The molecule has 0 saturated carbocycles. The van der Waals surface area contributed by atoms with Crippen LogP contribution in [0.25, 0.3) is 0 Å². The minimum Gasteiger partial charge on any atom is -0.382 e. The van der Waals surface area contributed by atoms with E-state index < -0.39 is 0 Å². The molecule has 0 aliphatic heterocycles. The fourth-order valence-corrected chi connectivity index (χ4v) is 1.23. The molecule has 0 heterocycles. The van der Waals surface area contributed by atoms with Crippen LogP contribution in [-0.2, 0) is 0 Å². The maximum absolute atomic E-state index is 8.68. The molecule has 0 aliphatic carbocycles. The van der Waals surface area contributed by atoms with Gasteiger partial charge in [-0.05, 0) is 23.6 Å². The van der Waals surface area contributed by atoms with Crippen molar-refractivity contribution in [3.8, 4) is 6.07 Å². The number of hydrazone groups is 1. The first-order valence-electron chi connectivity index (χ1n) is 5.22. The Bertz CT molecular complexity index is 482. The van der Waals surface area contributed by atoms with E-state index in [9.17, 15) is 0 Å². The van der Waals surface area contributed by atoms with Crippen LogP contribution in [0.5, 0.6) is 0 Å².